The maximum atomic E-state index is 5.05. The van der Waals surface area contributed by atoms with E-state index in [9.17, 15) is 0 Å². The molecule has 1 N–H and O–H groups in total. The van der Waals surface area contributed by atoms with E-state index in [-0.39, 0.29) is 0 Å². The van der Waals surface area contributed by atoms with E-state index in [4.69, 9.17) is 4.74 Å². The number of hydrogen-bond donors (Lipinski definition) is 1. The average molecular weight is 164 g/mol. The zero-order chi connectivity index (χ0) is 8.39. The van der Waals surface area contributed by atoms with Crippen molar-refractivity contribution in [3.63, 3.8) is 0 Å². The second-order valence-electron chi connectivity index (χ2n) is 2.92. The van der Waals surface area contributed by atoms with Gasteiger partial charge < -0.3 is 10.1 Å². The lowest BCUT2D eigenvalue weighted by Crippen LogP contribution is -2.23. The molecule has 3 heteroatoms. The molecule has 1 aliphatic heterocycles. The van der Waals surface area contributed by atoms with Gasteiger partial charge in [-0.25, -0.2) is 4.98 Å². The van der Waals surface area contributed by atoms with Crippen LogP contribution in [0.2, 0.25) is 0 Å². The Bertz CT molecular complexity index is 286. The van der Waals surface area contributed by atoms with Gasteiger partial charge in [0.2, 0.25) is 5.88 Å². The summed E-state index contributed by atoms with van der Waals surface area (Å²) in [4.78, 5) is 4.15. The van der Waals surface area contributed by atoms with E-state index in [1.54, 1.807) is 7.11 Å². The Labute approximate surface area is 71.8 Å². The number of fused-ring (bicyclic) bond motifs is 1. The summed E-state index contributed by atoms with van der Waals surface area (Å²) in [5.74, 6) is 0.718. The predicted octanol–water partition coefficient (Wildman–Crippen LogP) is 0.736. The van der Waals surface area contributed by atoms with Gasteiger partial charge >= 0.3 is 0 Å². The standard InChI is InChI=1S/C9H12N2O/c1-12-9-4-7-2-3-10-5-8(7)6-11-9/h4,6,10H,2-3,5H2,1H3. The van der Waals surface area contributed by atoms with Crippen molar-refractivity contribution in [3.05, 3.63) is 23.4 Å². The van der Waals surface area contributed by atoms with Gasteiger partial charge in [-0.3, -0.25) is 0 Å². The highest BCUT2D eigenvalue weighted by atomic mass is 16.5. The van der Waals surface area contributed by atoms with Crippen molar-refractivity contribution < 1.29 is 4.74 Å². The highest BCUT2D eigenvalue weighted by Crippen LogP contribution is 2.16. The minimum absolute atomic E-state index is 0.718. The highest BCUT2D eigenvalue weighted by molar-refractivity contribution is 5.31. The van der Waals surface area contributed by atoms with Gasteiger partial charge in [0.05, 0.1) is 7.11 Å². The summed E-state index contributed by atoms with van der Waals surface area (Å²) in [5, 5.41) is 3.30. The van der Waals surface area contributed by atoms with E-state index >= 15 is 0 Å². The first kappa shape index (κ1) is 7.55. The number of ether oxygens (including phenoxy) is 1. The third kappa shape index (κ3) is 1.28. The van der Waals surface area contributed by atoms with Crippen LogP contribution in [0.15, 0.2) is 12.3 Å². The molecule has 3 nitrogen and oxygen atoms in total. The number of aromatic nitrogens is 1. The number of nitrogens with zero attached hydrogens (tertiary/aromatic N) is 1. The molecule has 0 saturated heterocycles. The summed E-state index contributed by atoms with van der Waals surface area (Å²) in [6.45, 7) is 1.99. The molecular formula is C9H12N2O. The summed E-state index contributed by atoms with van der Waals surface area (Å²) in [5.41, 5.74) is 2.66. The van der Waals surface area contributed by atoms with Crippen LogP contribution in [0, 0.1) is 0 Å². The van der Waals surface area contributed by atoms with Crippen LogP contribution in [0.3, 0.4) is 0 Å². The Morgan fingerprint density at radius 1 is 1.50 bits per heavy atom. The van der Waals surface area contributed by atoms with Crippen LogP contribution in [0.25, 0.3) is 0 Å². The van der Waals surface area contributed by atoms with Crippen LogP contribution in [-0.4, -0.2) is 18.6 Å². The molecule has 12 heavy (non-hydrogen) atoms. The first-order valence-corrected chi connectivity index (χ1v) is 4.12. The lowest BCUT2D eigenvalue weighted by molar-refractivity contribution is 0.396. The van der Waals surface area contributed by atoms with E-state index in [2.05, 4.69) is 10.3 Å². The van der Waals surface area contributed by atoms with E-state index in [1.807, 2.05) is 12.3 Å². The minimum Gasteiger partial charge on any atom is -0.481 e. The summed E-state index contributed by atoms with van der Waals surface area (Å²) in [6, 6.07) is 2.02. The summed E-state index contributed by atoms with van der Waals surface area (Å²) in [7, 11) is 1.65. The first-order valence-electron chi connectivity index (χ1n) is 4.12. The van der Waals surface area contributed by atoms with Crippen molar-refractivity contribution in [3.8, 4) is 5.88 Å². The lowest BCUT2D eigenvalue weighted by atomic mass is 10.0. The van der Waals surface area contributed by atoms with Crippen molar-refractivity contribution >= 4 is 0 Å². The largest absolute Gasteiger partial charge is 0.481 e. The number of pyridine rings is 1. The summed E-state index contributed by atoms with van der Waals surface area (Å²) >= 11 is 0. The monoisotopic (exact) mass is 164 g/mol. The fourth-order valence-electron chi connectivity index (χ4n) is 1.45. The third-order valence-electron chi connectivity index (χ3n) is 2.15. The normalized spacial score (nSPS) is 15.4. The van der Waals surface area contributed by atoms with Gasteiger partial charge in [-0.05, 0) is 24.1 Å². The molecule has 0 aromatic carbocycles. The van der Waals surface area contributed by atoms with Gasteiger partial charge in [0, 0.05) is 18.8 Å². The number of methoxy groups -OCH3 is 1. The highest BCUT2D eigenvalue weighted by Gasteiger charge is 2.09. The first-order chi connectivity index (χ1) is 5.90. The van der Waals surface area contributed by atoms with Crippen LogP contribution < -0.4 is 10.1 Å². The fraction of sp³-hybridized carbons (Fsp3) is 0.444. The SMILES string of the molecule is COc1cc2c(cn1)CNCC2. The van der Waals surface area contributed by atoms with Crippen molar-refractivity contribution in [1.29, 1.82) is 0 Å². The number of hydrogen-bond acceptors (Lipinski definition) is 3. The van der Waals surface area contributed by atoms with E-state index in [0.29, 0.717) is 0 Å². The summed E-state index contributed by atoms with van der Waals surface area (Å²) in [6.07, 6.45) is 2.97. The second kappa shape index (κ2) is 3.11. The van der Waals surface area contributed by atoms with Gasteiger partial charge in [-0.1, -0.05) is 0 Å². The van der Waals surface area contributed by atoms with Crippen molar-refractivity contribution in [2.24, 2.45) is 0 Å². The summed E-state index contributed by atoms with van der Waals surface area (Å²) < 4.78 is 5.05. The lowest BCUT2D eigenvalue weighted by Gasteiger charge is -2.16. The van der Waals surface area contributed by atoms with Crippen LogP contribution >= 0.6 is 0 Å². The molecule has 2 rings (SSSR count). The van der Waals surface area contributed by atoms with Crippen molar-refractivity contribution in [2.75, 3.05) is 13.7 Å². The van der Waals surface area contributed by atoms with Gasteiger partial charge in [0.15, 0.2) is 0 Å². The Kier molecular flexibility index (Phi) is 1.96. The molecule has 0 amide bonds. The number of rotatable bonds is 1. The molecule has 0 atom stereocenters. The maximum Gasteiger partial charge on any atom is 0.213 e. The van der Waals surface area contributed by atoms with Crippen molar-refractivity contribution in [2.45, 2.75) is 13.0 Å². The molecule has 0 aliphatic carbocycles. The molecule has 0 spiro atoms. The molecule has 0 unspecified atom stereocenters. The molecule has 0 bridgehead atoms. The molecule has 0 fully saturated rings. The van der Waals surface area contributed by atoms with E-state index in [1.165, 1.54) is 11.1 Å². The topological polar surface area (TPSA) is 34.1 Å². The molecule has 2 heterocycles. The average Bonchev–Trinajstić information content (AvgIpc) is 2.17. The molecule has 64 valence electrons. The Morgan fingerprint density at radius 2 is 2.42 bits per heavy atom. The minimum atomic E-state index is 0.718. The van der Waals surface area contributed by atoms with Crippen LogP contribution in [0.5, 0.6) is 5.88 Å². The fourth-order valence-corrected chi connectivity index (χ4v) is 1.45. The molecule has 1 aromatic rings. The predicted molar refractivity (Wildman–Crippen MR) is 46.2 cm³/mol. The van der Waals surface area contributed by atoms with Gasteiger partial charge in [0.1, 0.15) is 0 Å². The van der Waals surface area contributed by atoms with Gasteiger partial charge in [0.25, 0.3) is 0 Å². The second-order valence-corrected chi connectivity index (χ2v) is 2.92. The molecule has 1 aliphatic rings. The number of nitrogens with one attached hydrogen (secondary N) is 1. The van der Waals surface area contributed by atoms with Gasteiger partial charge in [-0.15, -0.1) is 0 Å². The van der Waals surface area contributed by atoms with E-state index < -0.39 is 0 Å². The third-order valence-corrected chi connectivity index (χ3v) is 2.15. The van der Waals surface area contributed by atoms with Crippen molar-refractivity contribution in [1.82, 2.24) is 10.3 Å². The maximum absolute atomic E-state index is 5.05. The molecule has 0 radical (unpaired) electrons. The Balaban J connectivity index is 2.36. The van der Waals surface area contributed by atoms with Crippen LogP contribution in [0.1, 0.15) is 11.1 Å². The Morgan fingerprint density at radius 3 is 3.25 bits per heavy atom. The molecule has 1 aromatic heterocycles. The van der Waals surface area contributed by atoms with Crippen LogP contribution in [-0.2, 0) is 13.0 Å². The molecule has 0 saturated carbocycles. The Hall–Kier alpha value is -1.09. The van der Waals surface area contributed by atoms with Gasteiger partial charge in [-0.2, -0.15) is 0 Å². The van der Waals surface area contributed by atoms with E-state index in [0.717, 1.165) is 25.4 Å². The zero-order valence-electron chi connectivity index (χ0n) is 7.13. The quantitative estimate of drug-likeness (QED) is 0.664. The zero-order valence-corrected chi connectivity index (χ0v) is 7.13. The van der Waals surface area contributed by atoms with Crippen LogP contribution in [0.4, 0.5) is 0 Å². The molecular weight excluding hydrogens is 152 g/mol. The smallest absolute Gasteiger partial charge is 0.213 e.